The molecular formula is C13H23N3S. The van der Waals surface area contributed by atoms with Gasteiger partial charge in [-0.1, -0.05) is 6.92 Å². The van der Waals surface area contributed by atoms with Gasteiger partial charge < -0.3 is 5.32 Å². The molecule has 2 rings (SSSR count). The zero-order valence-electron chi connectivity index (χ0n) is 10.9. The number of hydrogen-bond donors (Lipinski definition) is 1. The highest BCUT2D eigenvalue weighted by Crippen LogP contribution is 2.18. The molecule has 1 N–H and O–H groups in total. The van der Waals surface area contributed by atoms with Crippen LogP contribution in [0.2, 0.25) is 0 Å². The summed E-state index contributed by atoms with van der Waals surface area (Å²) < 4.78 is 0. The lowest BCUT2D eigenvalue weighted by atomic mass is 10.0. The summed E-state index contributed by atoms with van der Waals surface area (Å²) in [6, 6.07) is 0.744. The minimum absolute atomic E-state index is 0.744. The van der Waals surface area contributed by atoms with Gasteiger partial charge in [0.05, 0.1) is 11.2 Å². The summed E-state index contributed by atoms with van der Waals surface area (Å²) in [7, 11) is 0. The van der Waals surface area contributed by atoms with Gasteiger partial charge in [0.25, 0.3) is 0 Å². The molecule has 17 heavy (non-hydrogen) atoms. The van der Waals surface area contributed by atoms with Crippen molar-refractivity contribution in [1.82, 2.24) is 15.2 Å². The fraction of sp³-hybridized carbons (Fsp3) is 0.769. The summed E-state index contributed by atoms with van der Waals surface area (Å²) >= 11 is 1.79. The molecule has 3 nitrogen and oxygen atoms in total. The van der Waals surface area contributed by atoms with Crippen molar-refractivity contribution in [2.24, 2.45) is 0 Å². The van der Waals surface area contributed by atoms with Crippen LogP contribution in [-0.4, -0.2) is 35.6 Å². The molecule has 2 heterocycles. The maximum atomic E-state index is 4.32. The summed E-state index contributed by atoms with van der Waals surface area (Å²) in [5, 5.41) is 3.63. The fourth-order valence-corrected chi connectivity index (χ4v) is 3.14. The molecule has 0 saturated carbocycles. The molecule has 0 amide bonds. The largest absolute Gasteiger partial charge is 0.314 e. The van der Waals surface area contributed by atoms with Crippen LogP contribution in [-0.2, 0) is 6.54 Å². The molecule has 0 spiro atoms. The Morgan fingerprint density at radius 1 is 1.47 bits per heavy atom. The number of nitrogens with zero attached hydrogens (tertiary/aromatic N) is 2. The third-order valence-electron chi connectivity index (χ3n) is 3.48. The van der Waals surface area contributed by atoms with Gasteiger partial charge in [-0.15, -0.1) is 11.3 Å². The summed E-state index contributed by atoms with van der Waals surface area (Å²) in [6.45, 7) is 9.04. The molecule has 1 aliphatic heterocycles. The predicted molar refractivity (Wildman–Crippen MR) is 73.4 cm³/mol. The van der Waals surface area contributed by atoms with Crippen molar-refractivity contribution in [2.45, 2.75) is 45.7 Å². The summed E-state index contributed by atoms with van der Waals surface area (Å²) in [4.78, 5) is 8.31. The van der Waals surface area contributed by atoms with Crippen molar-refractivity contribution < 1.29 is 0 Å². The normalized spacial score (nSPS) is 18.7. The quantitative estimate of drug-likeness (QED) is 0.873. The first kappa shape index (κ1) is 13.0. The van der Waals surface area contributed by atoms with Crippen LogP contribution in [0, 0.1) is 6.92 Å². The first-order valence-corrected chi connectivity index (χ1v) is 7.52. The van der Waals surface area contributed by atoms with E-state index in [4.69, 9.17) is 0 Å². The smallest absolute Gasteiger partial charge is 0.0798 e. The SMILES string of the molecule is CCCNC1CCN(Cc2scnc2C)CC1. The van der Waals surface area contributed by atoms with Crippen molar-refractivity contribution in [3.05, 3.63) is 16.1 Å². The van der Waals surface area contributed by atoms with Gasteiger partial charge in [0.15, 0.2) is 0 Å². The first-order valence-electron chi connectivity index (χ1n) is 6.64. The Balaban J connectivity index is 1.74. The van der Waals surface area contributed by atoms with Gasteiger partial charge in [0.1, 0.15) is 0 Å². The highest BCUT2D eigenvalue weighted by atomic mass is 32.1. The van der Waals surface area contributed by atoms with Gasteiger partial charge >= 0.3 is 0 Å². The molecule has 1 aliphatic rings. The van der Waals surface area contributed by atoms with Gasteiger partial charge in [0, 0.05) is 30.6 Å². The lowest BCUT2D eigenvalue weighted by Gasteiger charge is -2.32. The van der Waals surface area contributed by atoms with E-state index < -0.39 is 0 Å². The number of thiazole rings is 1. The lowest BCUT2D eigenvalue weighted by molar-refractivity contribution is 0.192. The highest BCUT2D eigenvalue weighted by Gasteiger charge is 2.19. The topological polar surface area (TPSA) is 28.2 Å². The van der Waals surface area contributed by atoms with E-state index in [2.05, 4.69) is 29.0 Å². The van der Waals surface area contributed by atoms with E-state index in [0.29, 0.717) is 0 Å². The Labute approximate surface area is 108 Å². The molecule has 0 radical (unpaired) electrons. The van der Waals surface area contributed by atoms with Gasteiger partial charge in [-0.2, -0.15) is 0 Å². The monoisotopic (exact) mass is 253 g/mol. The van der Waals surface area contributed by atoms with Crippen molar-refractivity contribution in [3.63, 3.8) is 0 Å². The van der Waals surface area contributed by atoms with Gasteiger partial charge in [-0.25, -0.2) is 4.98 Å². The molecule has 0 unspecified atom stereocenters. The molecule has 96 valence electrons. The van der Waals surface area contributed by atoms with E-state index in [9.17, 15) is 0 Å². The van der Waals surface area contributed by atoms with Crippen molar-refractivity contribution in [2.75, 3.05) is 19.6 Å². The third kappa shape index (κ3) is 3.76. The molecule has 1 aromatic rings. The number of aromatic nitrogens is 1. The number of piperidine rings is 1. The van der Waals surface area contributed by atoms with E-state index in [-0.39, 0.29) is 0 Å². The van der Waals surface area contributed by atoms with Crippen molar-refractivity contribution >= 4 is 11.3 Å². The average molecular weight is 253 g/mol. The third-order valence-corrected chi connectivity index (χ3v) is 4.40. The Kier molecular flexibility index (Phi) is 4.95. The van der Waals surface area contributed by atoms with Crippen LogP contribution >= 0.6 is 11.3 Å². The molecule has 0 aliphatic carbocycles. The zero-order valence-corrected chi connectivity index (χ0v) is 11.7. The highest BCUT2D eigenvalue weighted by molar-refractivity contribution is 7.09. The molecular weight excluding hydrogens is 230 g/mol. The second kappa shape index (κ2) is 6.47. The number of hydrogen-bond acceptors (Lipinski definition) is 4. The van der Waals surface area contributed by atoms with Crippen LogP contribution in [0.15, 0.2) is 5.51 Å². The average Bonchev–Trinajstić information content (AvgIpc) is 2.74. The van der Waals surface area contributed by atoms with E-state index in [1.165, 1.54) is 49.5 Å². The van der Waals surface area contributed by atoms with Gasteiger partial charge in [-0.3, -0.25) is 4.90 Å². The second-order valence-corrected chi connectivity index (χ2v) is 5.80. The van der Waals surface area contributed by atoms with E-state index in [1.54, 1.807) is 11.3 Å². The van der Waals surface area contributed by atoms with Gasteiger partial charge in [0.2, 0.25) is 0 Å². The van der Waals surface area contributed by atoms with Crippen LogP contribution in [0.1, 0.15) is 36.8 Å². The first-order chi connectivity index (χ1) is 8.29. The number of nitrogens with one attached hydrogen (secondary N) is 1. The molecule has 0 aromatic carbocycles. The Bertz CT molecular complexity index is 329. The Morgan fingerprint density at radius 3 is 2.82 bits per heavy atom. The van der Waals surface area contributed by atoms with E-state index in [1.807, 2.05) is 5.51 Å². The molecule has 0 bridgehead atoms. The lowest BCUT2D eigenvalue weighted by Crippen LogP contribution is -2.42. The maximum absolute atomic E-state index is 4.32. The number of rotatable bonds is 5. The summed E-state index contributed by atoms with van der Waals surface area (Å²) in [5.41, 5.74) is 3.17. The molecule has 1 aromatic heterocycles. The summed E-state index contributed by atoms with van der Waals surface area (Å²) in [5.74, 6) is 0. The molecule has 0 atom stereocenters. The van der Waals surface area contributed by atoms with Crippen LogP contribution in [0.3, 0.4) is 0 Å². The van der Waals surface area contributed by atoms with Crippen LogP contribution < -0.4 is 5.32 Å². The van der Waals surface area contributed by atoms with E-state index in [0.717, 1.165) is 12.6 Å². The van der Waals surface area contributed by atoms with Crippen molar-refractivity contribution in [3.8, 4) is 0 Å². The summed E-state index contributed by atoms with van der Waals surface area (Å²) in [6.07, 6.45) is 3.82. The minimum atomic E-state index is 0.744. The molecule has 1 fully saturated rings. The predicted octanol–water partition coefficient (Wildman–Crippen LogP) is 2.42. The second-order valence-electron chi connectivity index (χ2n) is 4.87. The van der Waals surface area contributed by atoms with Crippen molar-refractivity contribution in [1.29, 1.82) is 0 Å². The molecule has 1 saturated heterocycles. The molecule has 4 heteroatoms. The zero-order chi connectivity index (χ0) is 12.1. The Morgan fingerprint density at radius 2 is 2.24 bits per heavy atom. The van der Waals surface area contributed by atoms with Gasteiger partial charge in [-0.05, 0) is 32.7 Å². The fourth-order valence-electron chi connectivity index (χ4n) is 2.32. The van der Waals surface area contributed by atoms with Crippen LogP contribution in [0.25, 0.3) is 0 Å². The van der Waals surface area contributed by atoms with Crippen LogP contribution in [0.4, 0.5) is 0 Å². The Hall–Kier alpha value is -0.450. The van der Waals surface area contributed by atoms with Crippen LogP contribution in [0.5, 0.6) is 0 Å². The standard InChI is InChI=1S/C13H23N3S/c1-3-6-14-12-4-7-16(8-5-12)9-13-11(2)15-10-17-13/h10,12,14H,3-9H2,1-2H3. The maximum Gasteiger partial charge on any atom is 0.0798 e. The number of likely N-dealkylation sites (tertiary alicyclic amines) is 1. The number of aryl methyl sites for hydroxylation is 1. The van der Waals surface area contributed by atoms with E-state index >= 15 is 0 Å². The minimum Gasteiger partial charge on any atom is -0.314 e.